The van der Waals surface area contributed by atoms with Crippen LogP contribution >= 0.6 is 0 Å². The largest absolute Gasteiger partial charge is 0.496 e. The number of hydrogen-bond acceptors (Lipinski definition) is 3. The summed E-state index contributed by atoms with van der Waals surface area (Å²) in [4.78, 5) is 2.66. The molecule has 0 spiro atoms. The molecule has 3 rings (SSSR count). The molecule has 0 radical (unpaired) electrons. The van der Waals surface area contributed by atoms with Crippen molar-refractivity contribution in [3.8, 4) is 5.75 Å². The highest BCUT2D eigenvalue weighted by Gasteiger charge is 2.33. The SMILES string of the molecule is COc1ccc(N)cc1CN1CCCC1C1CCCC1. The van der Waals surface area contributed by atoms with Gasteiger partial charge < -0.3 is 10.5 Å². The zero-order valence-electron chi connectivity index (χ0n) is 12.5. The van der Waals surface area contributed by atoms with Crippen LogP contribution in [-0.4, -0.2) is 24.6 Å². The molecule has 0 aromatic heterocycles. The zero-order valence-corrected chi connectivity index (χ0v) is 12.5. The average molecular weight is 274 g/mol. The minimum absolute atomic E-state index is 0.781. The molecule has 110 valence electrons. The first-order valence-electron chi connectivity index (χ1n) is 7.94. The van der Waals surface area contributed by atoms with Gasteiger partial charge in [0.25, 0.3) is 0 Å². The lowest BCUT2D eigenvalue weighted by atomic mass is 9.95. The lowest BCUT2D eigenvalue weighted by Gasteiger charge is -2.29. The summed E-state index contributed by atoms with van der Waals surface area (Å²) in [5.74, 6) is 1.89. The van der Waals surface area contributed by atoms with Crippen molar-refractivity contribution in [1.29, 1.82) is 0 Å². The molecule has 1 aliphatic carbocycles. The number of anilines is 1. The van der Waals surface area contributed by atoms with Crippen molar-refractivity contribution in [2.24, 2.45) is 5.92 Å². The van der Waals surface area contributed by atoms with E-state index in [1.165, 1.54) is 50.6 Å². The quantitative estimate of drug-likeness (QED) is 0.855. The molecule has 1 aromatic carbocycles. The van der Waals surface area contributed by atoms with E-state index in [1.807, 2.05) is 12.1 Å². The number of benzene rings is 1. The predicted molar refractivity (Wildman–Crippen MR) is 82.8 cm³/mol. The van der Waals surface area contributed by atoms with Crippen LogP contribution in [-0.2, 0) is 6.54 Å². The normalized spacial score (nSPS) is 24.4. The molecular weight excluding hydrogens is 248 g/mol. The number of ether oxygens (including phenoxy) is 1. The van der Waals surface area contributed by atoms with E-state index in [2.05, 4.69) is 11.0 Å². The predicted octanol–water partition coefficient (Wildman–Crippen LogP) is 3.43. The van der Waals surface area contributed by atoms with Gasteiger partial charge >= 0.3 is 0 Å². The molecule has 1 saturated carbocycles. The molecule has 1 atom stereocenters. The third-order valence-corrected chi connectivity index (χ3v) is 5.04. The molecule has 20 heavy (non-hydrogen) atoms. The van der Waals surface area contributed by atoms with Gasteiger partial charge in [0, 0.05) is 23.8 Å². The average Bonchev–Trinajstić information content (AvgIpc) is 3.09. The number of rotatable bonds is 4. The molecule has 1 aliphatic heterocycles. The van der Waals surface area contributed by atoms with Crippen LogP contribution in [0.5, 0.6) is 5.75 Å². The maximum absolute atomic E-state index is 5.94. The third kappa shape index (κ3) is 2.78. The van der Waals surface area contributed by atoms with Gasteiger partial charge in [-0.05, 0) is 56.3 Å². The lowest BCUT2D eigenvalue weighted by Crippen LogP contribution is -2.34. The van der Waals surface area contributed by atoms with Crippen LogP contribution in [0.15, 0.2) is 18.2 Å². The number of hydrogen-bond donors (Lipinski definition) is 1. The second-order valence-corrected chi connectivity index (χ2v) is 6.30. The van der Waals surface area contributed by atoms with Crippen molar-refractivity contribution < 1.29 is 4.74 Å². The van der Waals surface area contributed by atoms with Crippen LogP contribution in [0.4, 0.5) is 5.69 Å². The van der Waals surface area contributed by atoms with Crippen molar-refractivity contribution >= 4 is 5.69 Å². The molecule has 1 aromatic rings. The summed E-state index contributed by atoms with van der Waals surface area (Å²) >= 11 is 0. The highest BCUT2D eigenvalue weighted by molar-refractivity contribution is 5.47. The second kappa shape index (κ2) is 6.04. The fraction of sp³-hybridized carbons (Fsp3) is 0.647. The molecular formula is C17H26N2O. The van der Waals surface area contributed by atoms with Crippen LogP contribution < -0.4 is 10.5 Å². The number of nitrogens with zero attached hydrogens (tertiary/aromatic N) is 1. The molecule has 1 heterocycles. The first kappa shape index (κ1) is 13.7. The Hall–Kier alpha value is -1.22. The third-order valence-electron chi connectivity index (χ3n) is 5.04. The molecule has 3 heteroatoms. The van der Waals surface area contributed by atoms with Gasteiger partial charge in [0.1, 0.15) is 5.75 Å². The molecule has 2 N–H and O–H groups in total. The monoisotopic (exact) mass is 274 g/mol. The van der Waals surface area contributed by atoms with Crippen LogP contribution in [0.25, 0.3) is 0 Å². The van der Waals surface area contributed by atoms with Crippen molar-refractivity contribution in [3.05, 3.63) is 23.8 Å². The van der Waals surface area contributed by atoms with Crippen LogP contribution in [0.2, 0.25) is 0 Å². The van der Waals surface area contributed by atoms with Gasteiger partial charge in [0.15, 0.2) is 0 Å². The van der Waals surface area contributed by atoms with Gasteiger partial charge in [-0.3, -0.25) is 4.90 Å². The van der Waals surface area contributed by atoms with Crippen molar-refractivity contribution in [2.45, 2.75) is 51.1 Å². The van der Waals surface area contributed by atoms with Gasteiger partial charge in [-0.2, -0.15) is 0 Å². The van der Waals surface area contributed by atoms with Crippen molar-refractivity contribution in [2.75, 3.05) is 19.4 Å². The smallest absolute Gasteiger partial charge is 0.123 e. The summed E-state index contributed by atoms with van der Waals surface area (Å²) in [6.07, 6.45) is 8.42. The minimum atomic E-state index is 0.781. The van der Waals surface area contributed by atoms with Crippen LogP contribution in [0.1, 0.15) is 44.1 Å². The first-order chi connectivity index (χ1) is 9.78. The fourth-order valence-electron chi connectivity index (χ4n) is 4.07. The van der Waals surface area contributed by atoms with E-state index in [4.69, 9.17) is 10.5 Å². The summed E-state index contributed by atoms with van der Waals surface area (Å²) in [7, 11) is 1.74. The van der Waals surface area contributed by atoms with Gasteiger partial charge in [-0.15, -0.1) is 0 Å². The Labute approximate surface area is 122 Å². The molecule has 3 nitrogen and oxygen atoms in total. The van der Waals surface area contributed by atoms with Crippen LogP contribution in [0.3, 0.4) is 0 Å². The summed E-state index contributed by atoms with van der Waals surface area (Å²) in [6.45, 7) is 2.20. The molecule has 0 bridgehead atoms. The topological polar surface area (TPSA) is 38.5 Å². The molecule has 0 amide bonds. The van der Waals surface area contributed by atoms with E-state index in [9.17, 15) is 0 Å². The number of methoxy groups -OCH3 is 1. The molecule has 1 saturated heterocycles. The lowest BCUT2D eigenvalue weighted by molar-refractivity contribution is 0.181. The summed E-state index contributed by atoms with van der Waals surface area (Å²) in [5.41, 5.74) is 8.00. The Kier molecular flexibility index (Phi) is 4.16. The number of likely N-dealkylation sites (tertiary alicyclic amines) is 1. The maximum Gasteiger partial charge on any atom is 0.123 e. The van der Waals surface area contributed by atoms with Gasteiger partial charge in [-0.1, -0.05) is 12.8 Å². The van der Waals surface area contributed by atoms with Gasteiger partial charge in [0.2, 0.25) is 0 Å². The Morgan fingerprint density at radius 3 is 2.75 bits per heavy atom. The van der Waals surface area contributed by atoms with E-state index in [-0.39, 0.29) is 0 Å². The highest BCUT2D eigenvalue weighted by Crippen LogP contribution is 2.36. The Morgan fingerprint density at radius 2 is 2.00 bits per heavy atom. The van der Waals surface area contributed by atoms with Crippen molar-refractivity contribution in [3.63, 3.8) is 0 Å². The maximum atomic E-state index is 5.94. The number of nitrogens with two attached hydrogens (primary N) is 1. The molecule has 1 unspecified atom stereocenters. The van der Waals surface area contributed by atoms with E-state index < -0.39 is 0 Å². The van der Waals surface area contributed by atoms with Gasteiger partial charge in [0.05, 0.1) is 7.11 Å². The molecule has 2 aliphatic rings. The molecule has 2 fully saturated rings. The Balaban J connectivity index is 1.74. The zero-order chi connectivity index (χ0) is 13.9. The second-order valence-electron chi connectivity index (χ2n) is 6.30. The minimum Gasteiger partial charge on any atom is -0.496 e. The standard InChI is InChI=1S/C17H26N2O/c1-20-17-9-8-15(18)11-14(17)12-19-10-4-7-16(19)13-5-2-3-6-13/h8-9,11,13,16H,2-7,10,12,18H2,1H3. The fourth-order valence-corrected chi connectivity index (χ4v) is 4.07. The Bertz CT molecular complexity index is 454. The van der Waals surface area contributed by atoms with Gasteiger partial charge in [-0.25, -0.2) is 0 Å². The summed E-state index contributed by atoms with van der Waals surface area (Å²) in [6, 6.07) is 6.76. The van der Waals surface area contributed by atoms with E-state index in [0.29, 0.717) is 0 Å². The summed E-state index contributed by atoms with van der Waals surface area (Å²) < 4.78 is 5.49. The Morgan fingerprint density at radius 1 is 1.20 bits per heavy atom. The number of nitrogen functional groups attached to an aromatic ring is 1. The first-order valence-corrected chi connectivity index (χ1v) is 7.94. The van der Waals surface area contributed by atoms with E-state index >= 15 is 0 Å². The van der Waals surface area contributed by atoms with E-state index in [0.717, 1.165) is 29.9 Å². The summed E-state index contributed by atoms with van der Waals surface area (Å²) in [5, 5.41) is 0. The van der Waals surface area contributed by atoms with Crippen LogP contribution in [0, 0.1) is 5.92 Å². The van der Waals surface area contributed by atoms with Crippen molar-refractivity contribution in [1.82, 2.24) is 4.90 Å². The highest BCUT2D eigenvalue weighted by atomic mass is 16.5. The van der Waals surface area contributed by atoms with E-state index in [1.54, 1.807) is 7.11 Å².